The van der Waals surface area contributed by atoms with E-state index in [-0.39, 0.29) is 23.4 Å². The van der Waals surface area contributed by atoms with Crippen LogP contribution in [-0.4, -0.2) is 48.7 Å². The van der Waals surface area contributed by atoms with Crippen LogP contribution in [0.4, 0.5) is 5.69 Å². The summed E-state index contributed by atoms with van der Waals surface area (Å²) in [5, 5.41) is 10.7. The van der Waals surface area contributed by atoms with Gasteiger partial charge in [-0.25, -0.2) is 0 Å². The van der Waals surface area contributed by atoms with E-state index >= 15 is 0 Å². The molecular weight excluding hydrogens is 268 g/mol. The van der Waals surface area contributed by atoms with Crippen molar-refractivity contribution in [2.24, 2.45) is 0 Å². The number of methoxy groups -OCH3 is 2. The van der Waals surface area contributed by atoms with Crippen molar-refractivity contribution in [3.8, 4) is 0 Å². The van der Waals surface area contributed by atoms with Crippen LogP contribution in [0.15, 0.2) is 18.2 Å². The first-order valence-corrected chi connectivity index (χ1v) is 5.69. The highest BCUT2D eigenvalue weighted by Crippen LogP contribution is 2.27. The minimum Gasteiger partial charge on any atom is -0.354 e. The van der Waals surface area contributed by atoms with E-state index in [4.69, 9.17) is 9.47 Å². The average molecular weight is 280 g/mol. The van der Waals surface area contributed by atoms with Crippen LogP contribution in [0, 0.1) is 10.1 Å². The lowest BCUT2D eigenvalue weighted by Gasteiger charge is -2.19. The monoisotopic (exact) mass is 280 g/mol. The third-order valence-corrected chi connectivity index (χ3v) is 3.02. The van der Waals surface area contributed by atoms with E-state index < -0.39 is 23.0 Å². The fraction of sp³-hybridized carbons (Fsp3) is 0.333. The van der Waals surface area contributed by atoms with Gasteiger partial charge in [-0.3, -0.25) is 24.6 Å². The summed E-state index contributed by atoms with van der Waals surface area (Å²) in [4.78, 5) is 35.2. The van der Waals surface area contributed by atoms with Gasteiger partial charge in [0.1, 0.15) is 0 Å². The Balaban J connectivity index is 2.32. The molecule has 1 aromatic carbocycles. The van der Waals surface area contributed by atoms with Crippen molar-refractivity contribution in [3.63, 3.8) is 0 Å². The smallest absolute Gasteiger partial charge is 0.270 e. The molecule has 20 heavy (non-hydrogen) atoms. The molecule has 0 unspecified atom stereocenters. The Morgan fingerprint density at radius 3 is 2.35 bits per heavy atom. The van der Waals surface area contributed by atoms with Crippen LogP contribution in [0.2, 0.25) is 0 Å². The lowest BCUT2D eigenvalue weighted by molar-refractivity contribution is -0.384. The Bertz CT molecular complexity index is 581. The number of benzene rings is 1. The second-order valence-corrected chi connectivity index (χ2v) is 4.11. The number of ether oxygens (including phenoxy) is 2. The van der Waals surface area contributed by atoms with Crippen molar-refractivity contribution in [2.75, 3.05) is 20.8 Å². The number of nitro groups is 1. The molecule has 106 valence electrons. The average Bonchev–Trinajstić information content (AvgIpc) is 2.68. The van der Waals surface area contributed by atoms with Gasteiger partial charge in [-0.05, 0) is 6.07 Å². The van der Waals surface area contributed by atoms with Gasteiger partial charge in [0.25, 0.3) is 17.5 Å². The summed E-state index contributed by atoms with van der Waals surface area (Å²) < 4.78 is 9.88. The molecule has 8 heteroatoms. The van der Waals surface area contributed by atoms with Crippen molar-refractivity contribution < 1.29 is 24.0 Å². The van der Waals surface area contributed by atoms with Gasteiger partial charge in [0.15, 0.2) is 6.29 Å². The van der Waals surface area contributed by atoms with Crippen molar-refractivity contribution >= 4 is 17.5 Å². The van der Waals surface area contributed by atoms with Crippen LogP contribution in [-0.2, 0) is 9.47 Å². The van der Waals surface area contributed by atoms with Gasteiger partial charge in [0.05, 0.1) is 22.6 Å². The Hall–Kier alpha value is -2.32. The number of hydrogen-bond acceptors (Lipinski definition) is 6. The van der Waals surface area contributed by atoms with Crippen LogP contribution >= 0.6 is 0 Å². The zero-order valence-corrected chi connectivity index (χ0v) is 10.9. The van der Waals surface area contributed by atoms with E-state index in [0.29, 0.717) is 0 Å². The number of amides is 2. The van der Waals surface area contributed by atoms with E-state index in [1.165, 1.54) is 26.4 Å². The normalized spacial score (nSPS) is 14.1. The third kappa shape index (κ3) is 2.26. The maximum Gasteiger partial charge on any atom is 0.270 e. The number of rotatable bonds is 5. The molecule has 0 radical (unpaired) electrons. The molecule has 8 nitrogen and oxygen atoms in total. The summed E-state index contributed by atoms with van der Waals surface area (Å²) in [6.45, 7) is -0.0762. The summed E-state index contributed by atoms with van der Waals surface area (Å²) in [6.07, 6.45) is -0.743. The van der Waals surface area contributed by atoms with Crippen molar-refractivity contribution in [1.29, 1.82) is 0 Å². The molecular formula is C12H12N2O6. The van der Waals surface area contributed by atoms with E-state index in [2.05, 4.69) is 0 Å². The molecule has 2 amide bonds. The fourth-order valence-corrected chi connectivity index (χ4v) is 1.95. The standard InChI is InChI=1S/C12H12N2O6/c1-19-10(20-2)6-13-11(15)8-4-3-7(14(17)18)5-9(8)12(13)16/h3-5,10H,6H2,1-2H3. The van der Waals surface area contributed by atoms with E-state index in [1.54, 1.807) is 0 Å². The first-order valence-electron chi connectivity index (χ1n) is 5.69. The van der Waals surface area contributed by atoms with Gasteiger partial charge in [0, 0.05) is 26.4 Å². The zero-order valence-electron chi connectivity index (χ0n) is 10.9. The van der Waals surface area contributed by atoms with Gasteiger partial charge in [-0.15, -0.1) is 0 Å². The molecule has 0 aliphatic carbocycles. The van der Waals surface area contributed by atoms with Gasteiger partial charge in [-0.2, -0.15) is 0 Å². The first-order chi connectivity index (χ1) is 9.49. The fourth-order valence-electron chi connectivity index (χ4n) is 1.95. The van der Waals surface area contributed by atoms with Crippen LogP contribution in [0.25, 0.3) is 0 Å². The highest BCUT2D eigenvalue weighted by Gasteiger charge is 2.37. The van der Waals surface area contributed by atoms with Crippen LogP contribution in [0.1, 0.15) is 20.7 Å². The van der Waals surface area contributed by atoms with Crippen LogP contribution in [0.5, 0.6) is 0 Å². The van der Waals surface area contributed by atoms with Gasteiger partial charge in [-0.1, -0.05) is 0 Å². The number of nitro benzene ring substituents is 1. The molecule has 2 rings (SSSR count). The van der Waals surface area contributed by atoms with Crippen molar-refractivity contribution in [3.05, 3.63) is 39.4 Å². The van der Waals surface area contributed by atoms with E-state index in [0.717, 1.165) is 11.0 Å². The maximum absolute atomic E-state index is 12.1. The molecule has 0 saturated carbocycles. The van der Waals surface area contributed by atoms with E-state index in [1.807, 2.05) is 0 Å². The Morgan fingerprint density at radius 1 is 1.20 bits per heavy atom. The molecule has 1 aliphatic heterocycles. The Labute approximate surface area is 114 Å². The number of carbonyl (C=O) groups is 2. The topological polar surface area (TPSA) is 99.0 Å². The van der Waals surface area contributed by atoms with Crippen LogP contribution < -0.4 is 0 Å². The lowest BCUT2D eigenvalue weighted by atomic mass is 10.1. The number of fused-ring (bicyclic) bond motifs is 1. The summed E-state index contributed by atoms with van der Waals surface area (Å²) in [6, 6.07) is 3.57. The summed E-state index contributed by atoms with van der Waals surface area (Å²) in [5.41, 5.74) is -0.0662. The third-order valence-electron chi connectivity index (χ3n) is 3.02. The van der Waals surface area contributed by atoms with Gasteiger partial charge in [0.2, 0.25) is 0 Å². The minimum absolute atomic E-state index is 0.0233. The second kappa shape index (κ2) is 5.35. The number of hydrogen-bond donors (Lipinski definition) is 0. The molecule has 0 N–H and O–H groups in total. The highest BCUT2D eigenvalue weighted by atomic mass is 16.7. The van der Waals surface area contributed by atoms with Crippen molar-refractivity contribution in [1.82, 2.24) is 4.90 Å². The predicted octanol–water partition coefficient (Wildman–Crippen LogP) is 0.810. The highest BCUT2D eigenvalue weighted by molar-refractivity contribution is 6.21. The molecule has 0 saturated heterocycles. The summed E-state index contributed by atoms with van der Waals surface area (Å²) in [5.74, 6) is -1.10. The zero-order chi connectivity index (χ0) is 14.9. The molecule has 1 heterocycles. The molecule has 1 aliphatic rings. The minimum atomic E-state index is -0.743. The Kier molecular flexibility index (Phi) is 3.77. The first kappa shape index (κ1) is 14.1. The molecule has 0 fully saturated rings. The lowest BCUT2D eigenvalue weighted by Crippen LogP contribution is -2.38. The van der Waals surface area contributed by atoms with Crippen molar-refractivity contribution in [2.45, 2.75) is 6.29 Å². The summed E-state index contributed by atoms with van der Waals surface area (Å²) >= 11 is 0. The molecule has 0 aromatic heterocycles. The van der Waals surface area contributed by atoms with Crippen LogP contribution in [0.3, 0.4) is 0 Å². The van der Waals surface area contributed by atoms with Gasteiger partial charge < -0.3 is 9.47 Å². The second-order valence-electron chi connectivity index (χ2n) is 4.11. The van der Waals surface area contributed by atoms with Gasteiger partial charge >= 0.3 is 0 Å². The molecule has 0 spiro atoms. The van der Waals surface area contributed by atoms with E-state index in [9.17, 15) is 19.7 Å². The number of carbonyl (C=O) groups excluding carboxylic acids is 2. The number of nitrogens with zero attached hydrogens (tertiary/aromatic N) is 2. The quantitative estimate of drug-likeness (QED) is 0.342. The SMILES string of the molecule is COC(CN1C(=O)c2ccc([N+](=O)[O-])cc2C1=O)OC. The largest absolute Gasteiger partial charge is 0.354 e. The maximum atomic E-state index is 12.1. The molecule has 0 atom stereocenters. The predicted molar refractivity (Wildman–Crippen MR) is 66.3 cm³/mol. The molecule has 1 aromatic rings. The number of non-ortho nitro benzene ring substituents is 1. The summed E-state index contributed by atoms with van der Waals surface area (Å²) in [7, 11) is 2.77. The molecule has 0 bridgehead atoms. The Morgan fingerprint density at radius 2 is 1.80 bits per heavy atom. The number of imide groups is 1.